The van der Waals surface area contributed by atoms with E-state index >= 15 is 0 Å². The molecule has 0 unspecified atom stereocenters. The minimum absolute atomic E-state index is 0.0719. The zero-order valence-corrected chi connectivity index (χ0v) is 16.1. The van der Waals surface area contributed by atoms with Gasteiger partial charge in [0.15, 0.2) is 0 Å². The Balaban J connectivity index is 1.85. The smallest absolute Gasteiger partial charge is 0.246 e. The van der Waals surface area contributed by atoms with Crippen LogP contribution in [-0.4, -0.2) is 30.5 Å². The number of methoxy groups -OCH3 is 1. The molecule has 1 amide bonds. The van der Waals surface area contributed by atoms with E-state index in [2.05, 4.69) is 33.0 Å². The molecule has 130 valence electrons. The summed E-state index contributed by atoms with van der Waals surface area (Å²) in [5.74, 6) is 0.770. The van der Waals surface area contributed by atoms with Crippen molar-refractivity contribution in [2.45, 2.75) is 25.0 Å². The van der Waals surface area contributed by atoms with E-state index in [0.29, 0.717) is 10.8 Å². The van der Waals surface area contributed by atoms with Gasteiger partial charge in [-0.15, -0.1) is 0 Å². The quantitative estimate of drug-likeness (QED) is 0.725. The molecule has 2 aliphatic heterocycles. The summed E-state index contributed by atoms with van der Waals surface area (Å²) >= 11 is 9.70. The van der Waals surface area contributed by atoms with E-state index in [9.17, 15) is 4.79 Å². The molecule has 2 fully saturated rings. The number of amides is 1. The number of hydrogen-bond acceptors (Lipinski definition) is 3. The van der Waals surface area contributed by atoms with E-state index in [1.54, 1.807) is 13.2 Å². The number of carbonyl (C=O) groups is 1. The first-order chi connectivity index (χ1) is 12.1. The minimum Gasteiger partial charge on any atom is -0.495 e. The van der Waals surface area contributed by atoms with Crippen molar-refractivity contribution in [2.75, 3.05) is 18.6 Å². The first kappa shape index (κ1) is 16.9. The second-order valence-corrected chi connectivity index (χ2v) is 7.70. The van der Waals surface area contributed by atoms with Crippen LogP contribution in [0.2, 0.25) is 5.02 Å². The Labute approximate surface area is 160 Å². The summed E-state index contributed by atoms with van der Waals surface area (Å²) in [6, 6.07) is 13.5. The van der Waals surface area contributed by atoms with Gasteiger partial charge in [0.2, 0.25) is 5.91 Å². The average Bonchev–Trinajstić information content (AvgIpc) is 3.18. The van der Waals surface area contributed by atoms with Gasteiger partial charge in [-0.2, -0.15) is 0 Å². The maximum atomic E-state index is 13.2. The van der Waals surface area contributed by atoms with Crippen LogP contribution in [0.15, 0.2) is 46.9 Å². The van der Waals surface area contributed by atoms with Crippen molar-refractivity contribution in [3.05, 3.63) is 57.5 Å². The van der Waals surface area contributed by atoms with Crippen molar-refractivity contribution in [3.8, 4) is 5.75 Å². The summed E-state index contributed by atoms with van der Waals surface area (Å²) in [5, 5.41) is 0.588. The van der Waals surface area contributed by atoms with E-state index in [1.807, 2.05) is 29.2 Å². The topological polar surface area (TPSA) is 32.8 Å². The molecule has 25 heavy (non-hydrogen) atoms. The summed E-state index contributed by atoms with van der Waals surface area (Å²) < 4.78 is 6.53. The van der Waals surface area contributed by atoms with Gasteiger partial charge < -0.3 is 4.74 Å². The molecule has 2 aromatic rings. The van der Waals surface area contributed by atoms with Crippen LogP contribution in [-0.2, 0) is 4.79 Å². The fourth-order valence-electron chi connectivity index (χ4n) is 3.85. The van der Waals surface area contributed by atoms with Gasteiger partial charge in [-0.05, 0) is 48.7 Å². The van der Waals surface area contributed by atoms with Crippen LogP contribution < -0.4 is 9.64 Å². The average molecular weight is 422 g/mol. The number of benzene rings is 2. The molecular formula is C19H18BrClN2O2. The van der Waals surface area contributed by atoms with Crippen LogP contribution in [0, 0.1) is 0 Å². The number of carbonyl (C=O) groups excluding carboxylic acids is 1. The van der Waals surface area contributed by atoms with Crippen LogP contribution in [0.25, 0.3) is 0 Å². The number of halogens is 2. The Morgan fingerprint density at radius 3 is 2.68 bits per heavy atom. The zero-order valence-electron chi connectivity index (χ0n) is 13.8. The number of ether oxygens (including phenoxy) is 1. The Morgan fingerprint density at radius 1 is 1.20 bits per heavy atom. The molecule has 0 bridgehead atoms. The van der Waals surface area contributed by atoms with Gasteiger partial charge in [0.1, 0.15) is 11.9 Å². The van der Waals surface area contributed by atoms with E-state index in [1.165, 1.54) is 0 Å². The Hall–Kier alpha value is -1.56. The molecule has 0 spiro atoms. The van der Waals surface area contributed by atoms with Crippen molar-refractivity contribution in [1.29, 1.82) is 0 Å². The number of hydrogen-bond donors (Lipinski definition) is 0. The Bertz CT molecular complexity index is 812. The molecule has 0 saturated carbocycles. The highest BCUT2D eigenvalue weighted by atomic mass is 79.9. The lowest BCUT2D eigenvalue weighted by molar-refractivity contribution is -0.119. The SMILES string of the molecule is COc1ccc(Cl)cc1N1C(=O)[C@@H]2CCCN2[C@H]1c1ccc(Br)cc1. The van der Waals surface area contributed by atoms with Crippen molar-refractivity contribution < 1.29 is 9.53 Å². The number of anilines is 1. The third kappa shape index (κ3) is 2.84. The van der Waals surface area contributed by atoms with Gasteiger partial charge in [-0.1, -0.05) is 39.7 Å². The van der Waals surface area contributed by atoms with Crippen molar-refractivity contribution >= 4 is 39.1 Å². The van der Waals surface area contributed by atoms with E-state index in [-0.39, 0.29) is 18.1 Å². The Morgan fingerprint density at radius 2 is 1.96 bits per heavy atom. The largest absolute Gasteiger partial charge is 0.495 e. The molecule has 2 aromatic carbocycles. The van der Waals surface area contributed by atoms with Crippen LogP contribution in [0.4, 0.5) is 5.69 Å². The summed E-state index contributed by atoms with van der Waals surface area (Å²) in [5.41, 5.74) is 1.81. The predicted molar refractivity (Wildman–Crippen MR) is 102 cm³/mol. The lowest BCUT2D eigenvalue weighted by atomic mass is 10.1. The number of rotatable bonds is 3. The summed E-state index contributed by atoms with van der Waals surface area (Å²) in [4.78, 5) is 17.3. The first-order valence-electron chi connectivity index (χ1n) is 8.28. The highest BCUT2D eigenvalue weighted by Gasteiger charge is 2.50. The Kier molecular flexibility index (Phi) is 4.48. The molecular weight excluding hydrogens is 404 g/mol. The van der Waals surface area contributed by atoms with Gasteiger partial charge in [-0.25, -0.2) is 0 Å². The molecule has 0 aliphatic carbocycles. The molecule has 2 atom stereocenters. The standard InChI is InChI=1S/C19H18BrClN2O2/c1-25-17-9-8-14(21)11-16(17)23-18(12-4-6-13(20)7-5-12)22-10-2-3-15(22)19(23)24/h4-9,11,15,18H,2-3,10H2,1H3/t15-,18+/m0/s1. The van der Waals surface area contributed by atoms with Gasteiger partial charge in [0, 0.05) is 16.0 Å². The van der Waals surface area contributed by atoms with Crippen molar-refractivity contribution in [3.63, 3.8) is 0 Å². The van der Waals surface area contributed by atoms with Crippen molar-refractivity contribution in [1.82, 2.24) is 4.90 Å². The molecule has 2 aliphatic rings. The molecule has 2 heterocycles. The minimum atomic E-state index is -0.138. The molecule has 2 saturated heterocycles. The molecule has 0 aromatic heterocycles. The molecule has 0 N–H and O–H groups in total. The van der Waals surface area contributed by atoms with Crippen LogP contribution in [0.5, 0.6) is 5.75 Å². The summed E-state index contributed by atoms with van der Waals surface area (Å²) in [6.45, 7) is 0.913. The zero-order chi connectivity index (χ0) is 17.6. The van der Waals surface area contributed by atoms with E-state index < -0.39 is 0 Å². The van der Waals surface area contributed by atoms with E-state index in [0.717, 1.165) is 35.1 Å². The summed E-state index contributed by atoms with van der Waals surface area (Å²) in [7, 11) is 1.61. The first-order valence-corrected chi connectivity index (χ1v) is 9.45. The van der Waals surface area contributed by atoms with E-state index in [4.69, 9.17) is 16.3 Å². The lowest BCUT2D eigenvalue weighted by Gasteiger charge is -2.30. The molecule has 0 radical (unpaired) electrons. The lowest BCUT2D eigenvalue weighted by Crippen LogP contribution is -2.32. The highest BCUT2D eigenvalue weighted by molar-refractivity contribution is 9.10. The molecule has 6 heteroatoms. The van der Waals surface area contributed by atoms with Crippen LogP contribution in [0.3, 0.4) is 0 Å². The monoisotopic (exact) mass is 420 g/mol. The maximum Gasteiger partial charge on any atom is 0.246 e. The maximum absolute atomic E-state index is 13.2. The highest BCUT2D eigenvalue weighted by Crippen LogP contribution is 2.45. The second-order valence-electron chi connectivity index (χ2n) is 6.35. The molecule has 4 nitrogen and oxygen atoms in total. The third-order valence-electron chi connectivity index (χ3n) is 4.94. The second kappa shape index (κ2) is 6.63. The number of nitrogens with zero attached hydrogens (tertiary/aromatic N) is 2. The number of fused-ring (bicyclic) bond motifs is 1. The van der Waals surface area contributed by atoms with Crippen LogP contribution in [0.1, 0.15) is 24.6 Å². The third-order valence-corrected chi connectivity index (χ3v) is 5.71. The van der Waals surface area contributed by atoms with Gasteiger partial charge >= 0.3 is 0 Å². The van der Waals surface area contributed by atoms with Crippen LogP contribution >= 0.6 is 27.5 Å². The van der Waals surface area contributed by atoms with Gasteiger partial charge in [0.25, 0.3) is 0 Å². The fraction of sp³-hybridized carbons (Fsp3) is 0.316. The van der Waals surface area contributed by atoms with Gasteiger partial charge in [0.05, 0.1) is 18.8 Å². The fourth-order valence-corrected chi connectivity index (χ4v) is 4.28. The van der Waals surface area contributed by atoms with Gasteiger partial charge in [-0.3, -0.25) is 14.6 Å². The molecule has 4 rings (SSSR count). The normalized spacial score (nSPS) is 23.2. The van der Waals surface area contributed by atoms with Crippen molar-refractivity contribution in [2.24, 2.45) is 0 Å². The predicted octanol–water partition coefficient (Wildman–Crippen LogP) is 4.62. The summed E-state index contributed by atoms with van der Waals surface area (Å²) in [6.07, 6.45) is 1.80.